The standard InChI is InChI=1S/C24H25F5O/c1-2-3-16-4-6-17(7-5-16)18-8-10-19(11-9-18)20-12-13-22(21(25)14-20)30-24(28,29)15-23(26)27/h8-17H,2-7H2,1H3. The summed E-state index contributed by atoms with van der Waals surface area (Å²) in [5.74, 6) is -0.468. The van der Waals surface area contributed by atoms with Crippen molar-refractivity contribution in [1.82, 2.24) is 0 Å². The third-order valence-electron chi connectivity index (χ3n) is 5.71. The van der Waals surface area contributed by atoms with Gasteiger partial charge >= 0.3 is 6.11 Å². The Balaban J connectivity index is 1.68. The smallest absolute Gasteiger partial charge is 0.425 e. The molecule has 3 rings (SSSR count). The molecule has 0 aliphatic heterocycles. The number of ether oxygens (including phenoxy) is 1. The normalized spacial score (nSPS) is 19.4. The molecule has 0 atom stereocenters. The molecule has 0 amide bonds. The van der Waals surface area contributed by atoms with Gasteiger partial charge in [0.05, 0.1) is 6.08 Å². The first-order chi connectivity index (χ1) is 14.3. The van der Waals surface area contributed by atoms with Gasteiger partial charge in [0.2, 0.25) is 0 Å². The van der Waals surface area contributed by atoms with E-state index in [1.807, 2.05) is 24.3 Å². The largest absolute Gasteiger partial charge is 0.426 e. The molecule has 1 saturated carbocycles. The molecule has 30 heavy (non-hydrogen) atoms. The maximum atomic E-state index is 14.2. The number of hydrogen-bond acceptors (Lipinski definition) is 1. The van der Waals surface area contributed by atoms with Crippen LogP contribution in [0.1, 0.15) is 56.9 Å². The summed E-state index contributed by atoms with van der Waals surface area (Å²) in [6.07, 6.45) is -0.185. The van der Waals surface area contributed by atoms with Crippen LogP contribution < -0.4 is 4.74 Å². The van der Waals surface area contributed by atoms with Gasteiger partial charge in [0.15, 0.2) is 11.6 Å². The molecule has 1 aliphatic rings. The minimum atomic E-state index is -4.29. The van der Waals surface area contributed by atoms with Crippen molar-refractivity contribution < 1.29 is 26.7 Å². The van der Waals surface area contributed by atoms with Gasteiger partial charge in [-0.2, -0.15) is 17.6 Å². The average Bonchev–Trinajstić information content (AvgIpc) is 2.69. The second-order valence-corrected chi connectivity index (χ2v) is 7.87. The molecular weight excluding hydrogens is 399 g/mol. The molecule has 1 nitrogen and oxygen atoms in total. The van der Waals surface area contributed by atoms with Gasteiger partial charge < -0.3 is 4.74 Å². The minimum Gasteiger partial charge on any atom is -0.426 e. The number of rotatable bonds is 7. The Morgan fingerprint density at radius 2 is 1.63 bits per heavy atom. The van der Waals surface area contributed by atoms with E-state index in [1.54, 1.807) is 0 Å². The third kappa shape index (κ3) is 5.83. The summed E-state index contributed by atoms with van der Waals surface area (Å²) in [7, 11) is 0. The highest BCUT2D eigenvalue weighted by Crippen LogP contribution is 2.38. The van der Waals surface area contributed by atoms with Crippen LogP contribution in [0.25, 0.3) is 11.1 Å². The van der Waals surface area contributed by atoms with Crippen molar-refractivity contribution in [1.29, 1.82) is 0 Å². The van der Waals surface area contributed by atoms with E-state index < -0.39 is 29.8 Å². The number of hydrogen-bond donors (Lipinski definition) is 0. The Kier molecular flexibility index (Phi) is 7.16. The predicted octanol–water partition coefficient (Wildman–Crippen LogP) is 8.32. The summed E-state index contributed by atoms with van der Waals surface area (Å²) < 4.78 is 69.0. The van der Waals surface area contributed by atoms with Crippen LogP contribution in [0.2, 0.25) is 0 Å². The van der Waals surface area contributed by atoms with E-state index in [0.717, 1.165) is 23.6 Å². The molecule has 6 heteroatoms. The lowest BCUT2D eigenvalue weighted by molar-refractivity contribution is -0.135. The van der Waals surface area contributed by atoms with Crippen LogP contribution in [0.5, 0.6) is 5.75 Å². The van der Waals surface area contributed by atoms with Crippen molar-refractivity contribution in [3.8, 4) is 16.9 Å². The summed E-state index contributed by atoms with van der Waals surface area (Å²) in [6.45, 7) is 2.22. The zero-order valence-electron chi connectivity index (χ0n) is 16.8. The quantitative estimate of drug-likeness (QED) is 0.406. The van der Waals surface area contributed by atoms with E-state index in [2.05, 4.69) is 11.7 Å². The fourth-order valence-corrected chi connectivity index (χ4v) is 4.21. The molecule has 0 heterocycles. The molecule has 0 unspecified atom stereocenters. The SMILES string of the molecule is CCCC1CCC(c2ccc(-c3ccc(OC(F)(F)C=C(F)F)c(F)c3)cc2)CC1. The molecule has 1 fully saturated rings. The highest BCUT2D eigenvalue weighted by molar-refractivity contribution is 5.64. The van der Waals surface area contributed by atoms with Crippen LogP contribution in [0.15, 0.2) is 54.6 Å². The fraction of sp³-hybridized carbons (Fsp3) is 0.417. The Bertz CT molecular complexity index is 864. The fourth-order valence-electron chi connectivity index (χ4n) is 4.21. The van der Waals surface area contributed by atoms with E-state index >= 15 is 0 Å². The molecule has 2 aromatic carbocycles. The molecule has 0 radical (unpaired) electrons. The van der Waals surface area contributed by atoms with Gasteiger partial charge in [0.1, 0.15) is 0 Å². The van der Waals surface area contributed by atoms with E-state index in [1.165, 1.54) is 50.2 Å². The Morgan fingerprint density at radius 1 is 1.00 bits per heavy atom. The maximum absolute atomic E-state index is 14.2. The van der Waals surface area contributed by atoms with Crippen LogP contribution >= 0.6 is 0 Å². The summed E-state index contributed by atoms with van der Waals surface area (Å²) in [6, 6.07) is 11.3. The van der Waals surface area contributed by atoms with E-state index in [9.17, 15) is 22.0 Å². The zero-order chi connectivity index (χ0) is 21.7. The highest BCUT2D eigenvalue weighted by Gasteiger charge is 2.31. The van der Waals surface area contributed by atoms with Gasteiger partial charge in [0.25, 0.3) is 6.08 Å². The van der Waals surface area contributed by atoms with Crippen molar-refractivity contribution in [2.75, 3.05) is 0 Å². The van der Waals surface area contributed by atoms with Crippen LogP contribution in [0, 0.1) is 11.7 Å². The summed E-state index contributed by atoms with van der Waals surface area (Å²) in [4.78, 5) is 0. The molecule has 0 aromatic heterocycles. The van der Waals surface area contributed by atoms with Crippen LogP contribution in [-0.4, -0.2) is 6.11 Å². The van der Waals surface area contributed by atoms with E-state index in [4.69, 9.17) is 0 Å². The summed E-state index contributed by atoms with van der Waals surface area (Å²) in [5.41, 5.74) is 2.49. The number of alkyl halides is 2. The molecular formula is C24H25F5O. The lowest BCUT2D eigenvalue weighted by Gasteiger charge is -2.28. The third-order valence-corrected chi connectivity index (χ3v) is 5.71. The van der Waals surface area contributed by atoms with Crippen molar-refractivity contribution in [3.63, 3.8) is 0 Å². The maximum Gasteiger partial charge on any atom is 0.425 e. The molecule has 0 saturated heterocycles. The Morgan fingerprint density at radius 3 is 2.20 bits per heavy atom. The van der Waals surface area contributed by atoms with Gasteiger partial charge in [-0.25, -0.2) is 4.39 Å². The van der Waals surface area contributed by atoms with Gasteiger partial charge in [-0.1, -0.05) is 50.1 Å². The number of benzene rings is 2. The average molecular weight is 424 g/mol. The first kappa shape index (κ1) is 22.3. The van der Waals surface area contributed by atoms with Gasteiger partial charge in [-0.3, -0.25) is 0 Å². The van der Waals surface area contributed by atoms with Crippen molar-refractivity contribution in [3.05, 3.63) is 66.0 Å². The second-order valence-electron chi connectivity index (χ2n) is 7.87. The monoisotopic (exact) mass is 424 g/mol. The molecule has 0 spiro atoms. The molecule has 0 N–H and O–H groups in total. The summed E-state index contributed by atoms with van der Waals surface area (Å²) in [5, 5.41) is 0. The van der Waals surface area contributed by atoms with Gasteiger partial charge in [-0.15, -0.1) is 0 Å². The minimum absolute atomic E-state index is 0.494. The van der Waals surface area contributed by atoms with Crippen LogP contribution in [0.3, 0.4) is 0 Å². The van der Waals surface area contributed by atoms with Crippen molar-refractivity contribution >= 4 is 0 Å². The lowest BCUT2D eigenvalue weighted by Crippen LogP contribution is -2.22. The first-order valence-corrected chi connectivity index (χ1v) is 10.3. The predicted molar refractivity (Wildman–Crippen MR) is 107 cm³/mol. The number of halogens is 5. The van der Waals surface area contributed by atoms with Crippen LogP contribution in [-0.2, 0) is 0 Å². The molecule has 162 valence electrons. The van der Waals surface area contributed by atoms with E-state index in [-0.39, 0.29) is 0 Å². The van der Waals surface area contributed by atoms with Crippen molar-refractivity contribution in [2.45, 2.75) is 57.5 Å². The molecule has 2 aromatic rings. The van der Waals surface area contributed by atoms with Crippen LogP contribution in [0.4, 0.5) is 22.0 Å². The Hall–Kier alpha value is -2.37. The first-order valence-electron chi connectivity index (χ1n) is 10.3. The molecule has 0 bridgehead atoms. The molecule has 1 aliphatic carbocycles. The van der Waals surface area contributed by atoms with Crippen molar-refractivity contribution in [2.24, 2.45) is 5.92 Å². The lowest BCUT2D eigenvalue weighted by atomic mass is 9.77. The summed E-state index contributed by atoms with van der Waals surface area (Å²) >= 11 is 0. The van der Waals surface area contributed by atoms with Gasteiger partial charge in [0, 0.05) is 0 Å². The zero-order valence-corrected chi connectivity index (χ0v) is 16.8. The van der Waals surface area contributed by atoms with E-state index in [0.29, 0.717) is 11.5 Å². The highest BCUT2D eigenvalue weighted by atomic mass is 19.3. The Labute approximate surface area is 173 Å². The van der Waals surface area contributed by atoms with Gasteiger partial charge in [-0.05, 0) is 66.3 Å². The second kappa shape index (κ2) is 9.63. The topological polar surface area (TPSA) is 9.23 Å².